The van der Waals surface area contributed by atoms with E-state index in [1.54, 1.807) is 18.3 Å². The molecule has 0 fully saturated rings. The average Bonchev–Trinajstić information content (AvgIpc) is 2.32. The number of carbonyl (C=O) groups excluding carboxylic acids is 2. The first-order valence-corrected chi connectivity index (χ1v) is 5.26. The summed E-state index contributed by atoms with van der Waals surface area (Å²) >= 11 is 0. The summed E-state index contributed by atoms with van der Waals surface area (Å²) in [6.45, 7) is 0.230. The Morgan fingerprint density at radius 3 is 2.71 bits per heavy atom. The second-order valence-electron chi connectivity index (χ2n) is 3.44. The number of pyridine rings is 1. The SMILES string of the molecule is CNC(=O)CCNC(=O)Cn1ccccc1=O. The van der Waals surface area contributed by atoms with Crippen molar-refractivity contribution in [1.29, 1.82) is 0 Å². The summed E-state index contributed by atoms with van der Waals surface area (Å²) in [5.74, 6) is -0.426. The summed E-state index contributed by atoms with van der Waals surface area (Å²) in [7, 11) is 1.54. The van der Waals surface area contributed by atoms with Crippen LogP contribution in [0.1, 0.15) is 6.42 Å². The molecule has 17 heavy (non-hydrogen) atoms. The van der Waals surface area contributed by atoms with E-state index in [0.717, 1.165) is 0 Å². The highest BCUT2D eigenvalue weighted by molar-refractivity contribution is 5.78. The molecule has 1 aromatic rings. The molecule has 0 radical (unpaired) electrons. The summed E-state index contributed by atoms with van der Waals surface area (Å²) < 4.78 is 1.30. The molecule has 0 aliphatic rings. The van der Waals surface area contributed by atoms with Crippen LogP contribution in [-0.4, -0.2) is 30.0 Å². The van der Waals surface area contributed by atoms with Crippen LogP contribution in [0.2, 0.25) is 0 Å². The van der Waals surface area contributed by atoms with Gasteiger partial charge in [-0.15, -0.1) is 0 Å². The van der Waals surface area contributed by atoms with Crippen molar-refractivity contribution in [2.75, 3.05) is 13.6 Å². The van der Waals surface area contributed by atoms with Crippen molar-refractivity contribution in [1.82, 2.24) is 15.2 Å². The lowest BCUT2D eigenvalue weighted by atomic mass is 10.4. The van der Waals surface area contributed by atoms with Gasteiger partial charge in [-0.05, 0) is 6.07 Å². The molecule has 92 valence electrons. The summed E-state index contributed by atoms with van der Waals surface area (Å²) in [6, 6.07) is 4.68. The van der Waals surface area contributed by atoms with Crippen LogP contribution in [0.15, 0.2) is 29.2 Å². The van der Waals surface area contributed by atoms with Gasteiger partial charge in [-0.3, -0.25) is 14.4 Å². The number of amides is 2. The maximum atomic E-state index is 11.4. The van der Waals surface area contributed by atoms with E-state index in [0.29, 0.717) is 0 Å². The third-order valence-electron chi connectivity index (χ3n) is 2.17. The Labute approximate surface area is 98.6 Å². The molecular formula is C11H15N3O3. The molecule has 6 nitrogen and oxygen atoms in total. The van der Waals surface area contributed by atoms with Gasteiger partial charge in [-0.1, -0.05) is 6.07 Å². The van der Waals surface area contributed by atoms with Crippen molar-refractivity contribution in [2.24, 2.45) is 0 Å². The fraction of sp³-hybridized carbons (Fsp3) is 0.364. The van der Waals surface area contributed by atoms with Gasteiger partial charge in [0.2, 0.25) is 11.8 Å². The molecule has 2 N–H and O–H groups in total. The lowest BCUT2D eigenvalue weighted by Crippen LogP contribution is -2.34. The van der Waals surface area contributed by atoms with E-state index in [2.05, 4.69) is 10.6 Å². The van der Waals surface area contributed by atoms with Gasteiger partial charge in [-0.2, -0.15) is 0 Å². The molecule has 0 aliphatic carbocycles. The minimum Gasteiger partial charge on any atom is -0.359 e. The third kappa shape index (κ3) is 4.50. The fourth-order valence-electron chi connectivity index (χ4n) is 1.24. The molecule has 0 unspecified atom stereocenters. The highest BCUT2D eigenvalue weighted by Gasteiger charge is 2.04. The van der Waals surface area contributed by atoms with Gasteiger partial charge in [0.25, 0.3) is 5.56 Å². The highest BCUT2D eigenvalue weighted by Crippen LogP contribution is 1.83. The third-order valence-corrected chi connectivity index (χ3v) is 2.17. The number of carbonyl (C=O) groups is 2. The van der Waals surface area contributed by atoms with Crippen LogP contribution in [0.5, 0.6) is 0 Å². The predicted octanol–water partition coefficient (Wildman–Crippen LogP) is -0.899. The van der Waals surface area contributed by atoms with Crippen molar-refractivity contribution >= 4 is 11.8 Å². The Kier molecular flexibility index (Phi) is 4.93. The summed E-state index contributed by atoms with van der Waals surface area (Å²) in [5.41, 5.74) is -0.228. The number of nitrogens with one attached hydrogen (secondary N) is 2. The van der Waals surface area contributed by atoms with Crippen LogP contribution in [0.4, 0.5) is 0 Å². The van der Waals surface area contributed by atoms with Crippen molar-refractivity contribution in [2.45, 2.75) is 13.0 Å². The van der Waals surface area contributed by atoms with Gasteiger partial charge in [-0.25, -0.2) is 0 Å². The number of rotatable bonds is 5. The Morgan fingerprint density at radius 1 is 1.29 bits per heavy atom. The van der Waals surface area contributed by atoms with Gasteiger partial charge >= 0.3 is 0 Å². The van der Waals surface area contributed by atoms with E-state index in [9.17, 15) is 14.4 Å². The van der Waals surface area contributed by atoms with E-state index < -0.39 is 0 Å². The number of aromatic nitrogens is 1. The molecule has 0 aliphatic heterocycles. The van der Waals surface area contributed by atoms with Crippen LogP contribution >= 0.6 is 0 Å². The first-order valence-electron chi connectivity index (χ1n) is 5.26. The monoisotopic (exact) mass is 237 g/mol. The van der Waals surface area contributed by atoms with Crippen LogP contribution in [-0.2, 0) is 16.1 Å². The number of hydrogen-bond donors (Lipinski definition) is 2. The quantitative estimate of drug-likeness (QED) is 0.696. The number of nitrogens with zero attached hydrogens (tertiary/aromatic N) is 1. The Bertz CT molecular complexity index is 453. The zero-order chi connectivity index (χ0) is 12.7. The molecule has 6 heteroatoms. The van der Waals surface area contributed by atoms with E-state index in [4.69, 9.17) is 0 Å². The lowest BCUT2D eigenvalue weighted by Gasteiger charge is -2.06. The van der Waals surface area contributed by atoms with Gasteiger partial charge in [0.1, 0.15) is 6.54 Å². The summed E-state index contributed by atoms with van der Waals surface area (Å²) in [6.07, 6.45) is 1.77. The zero-order valence-electron chi connectivity index (χ0n) is 9.60. The summed E-state index contributed by atoms with van der Waals surface area (Å²) in [4.78, 5) is 33.6. The molecule has 2 amide bonds. The molecule has 0 saturated carbocycles. The van der Waals surface area contributed by atoms with Gasteiger partial charge in [0, 0.05) is 32.3 Å². The Morgan fingerprint density at radius 2 is 2.06 bits per heavy atom. The average molecular weight is 237 g/mol. The largest absolute Gasteiger partial charge is 0.359 e. The van der Waals surface area contributed by atoms with E-state index in [-0.39, 0.29) is 36.9 Å². The van der Waals surface area contributed by atoms with E-state index in [1.807, 2.05) is 0 Å². The maximum Gasteiger partial charge on any atom is 0.250 e. The molecule has 1 rings (SSSR count). The normalized spacial score (nSPS) is 9.71. The first kappa shape index (κ1) is 13.0. The molecule has 0 aromatic carbocycles. The zero-order valence-corrected chi connectivity index (χ0v) is 9.60. The van der Waals surface area contributed by atoms with Crippen LogP contribution in [0.25, 0.3) is 0 Å². The van der Waals surface area contributed by atoms with Crippen molar-refractivity contribution < 1.29 is 9.59 Å². The van der Waals surface area contributed by atoms with E-state index >= 15 is 0 Å². The Balaban J connectivity index is 2.38. The second kappa shape index (κ2) is 6.47. The minimum atomic E-state index is -0.290. The first-order chi connectivity index (χ1) is 8.13. The van der Waals surface area contributed by atoms with Gasteiger partial charge < -0.3 is 15.2 Å². The highest BCUT2D eigenvalue weighted by atomic mass is 16.2. The standard InChI is InChI=1S/C11H15N3O3/c1-12-9(15)5-6-13-10(16)8-14-7-3-2-4-11(14)17/h2-4,7H,5-6,8H2,1H3,(H,12,15)(H,13,16). The smallest absolute Gasteiger partial charge is 0.250 e. The molecular weight excluding hydrogens is 222 g/mol. The fourth-order valence-corrected chi connectivity index (χ4v) is 1.24. The topological polar surface area (TPSA) is 80.2 Å². The van der Waals surface area contributed by atoms with Crippen molar-refractivity contribution in [3.8, 4) is 0 Å². The van der Waals surface area contributed by atoms with Crippen molar-refractivity contribution in [3.05, 3.63) is 34.7 Å². The molecule has 0 bridgehead atoms. The van der Waals surface area contributed by atoms with Gasteiger partial charge in [0.05, 0.1) is 0 Å². The van der Waals surface area contributed by atoms with Crippen LogP contribution in [0, 0.1) is 0 Å². The van der Waals surface area contributed by atoms with Crippen LogP contribution < -0.4 is 16.2 Å². The molecule has 0 spiro atoms. The molecule has 0 atom stereocenters. The number of hydrogen-bond acceptors (Lipinski definition) is 3. The second-order valence-corrected chi connectivity index (χ2v) is 3.44. The minimum absolute atomic E-state index is 0.0343. The van der Waals surface area contributed by atoms with Crippen LogP contribution in [0.3, 0.4) is 0 Å². The Hall–Kier alpha value is -2.11. The van der Waals surface area contributed by atoms with E-state index in [1.165, 1.54) is 17.7 Å². The molecule has 1 heterocycles. The molecule has 0 saturated heterocycles. The molecule has 1 aromatic heterocycles. The van der Waals surface area contributed by atoms with Gasteiger partial charge in [0.15, 0.2) is 0 Å². The lowest BCUT2D eigenvalue weighted by molar-refractivity contribution is -0.122. The predicted molar refractivity (Wildman–Crippen MR) is 62.4 cm³/mol. The summed E-state index contributed by atoms with van der Waals surface area (Å²) in [5, 5.41) is 5.02. The van der Waals surface area contributed by atoms with Crippen molar-refractivity contribution in [3.63, 3.8) is 0 Å². The maximum absolute atomic E-state index is 11.4.